The molecule has 5 heteroatoms. The number of aliphatic hydroxyl groups excluding tert-OH is 1. The molecule has 3 rings (SSSR count). The molecule has 4 nitrogen and oxygen atoms in total. The second-order valence-electron chi connectivity index (χ2n) is 6.36. The third-order valence-electron chi connectivity index (χ3n) is 4.36. The normalized spacial score (nSPS) is 10.9. The van der Waals surface area contributed by atoms with Crippen molar-refractivity contribution in [3.05, 3.63) is 87.1 Å². The Balaban J connectivity index is 2.19. The van der Waals surface area contributed by atoms with Crippen LogP contribution >= 0.6 is 0 Å². The van der Waals surface area contributed by atoms with Crippen molar-refractivity contribution in [2.24, 2.45) is 0 Å². The van der Waals surface area contributed by atoms with Crippen LogP contribution in [-0.2, 0) is 13.0 Å². The molecule has 0 atom stereocenters. The Morgan fingerprint density at radius 1 is 1.12 bits per heavy atom. The van der Waals surface area contributed by atoms with Gasteiger partial charge in [-0.1, -0.05) is 29.8 Å². The highest BCUT2D eigenvalue weighted by Crippen LogP contribution is 2.19. The molecule has 3 aromatic rings. The third kappa shape index (κ3) is 3.73. The Kier molecular flexibility index (Phi) is 5.28. The number of hydrogen-bond acceptors (Lipinski definition) is 3. The lowest BCUT2D eigenvalue weighted by molar-refractivity contribution is 0.298. The van der Waals surface area contributed by atoms with Crippen molar-refractivity contribution in [1.82, 2.24) is 9.55 Å². The summed E-state index contributed by atoms with van der Waals surface area (Å²) in [4.78, 5) is 17.7. The van der Waals surface area contributed by atoms with Crippen LogP contribution in [0, 0.1) is 19.7 Å². The molecule has 0 aliphatic rings. The Morgan fingerprint density at radius 2 is 1.85 bits per heavy atom. The smallest absolute Gasteiger partial charge is 0.257 e. The molecule has 1 N–H and O–H groups in total. The van der Waals surface area contributed by atoms with Gasteiger partial charge in [-0.3, -0.25) is 9.36 Å². The van der Waals surface area contributed by atoms with E-state index in [2.05, 4.69) is 4.98 Å². The lowest BCUT2D eigenvalue weighted by Crippen LogP contribution is -2.29. The minimum Gasteiger partial charge on any atom is -0.396 e. The second-order valence-corrected chi connectivity index (χ2v) is 6.36. The number of aryl methyl sites for hydroxylation is 2. The zero-order chi connectivity index (χ0) is 18.7. The Bertz CT molecular complexity index is 978. The quantitative estimate of drug-likeness (QED) is 0.767. The lowest BCUT2D eigenvalue weighted by atomic mass is 10.1. The van der Waals surface area contributed by atoms with E-state index in [9.17, 15) is 14.3 Å². The zero-order valence-corrected chi connectivity index (χ0v) is 14.9. The summed E-state index contributed by atoms with van der Waals surface area (Å²) in [5, 5.41) is 9.28. The van der Waals surface area contributed by atoms with Gasteiger partial charge in [0.1, 0.15) is 11.6 Å². The maximum atomic E-state index is 13.3. The van der Waals surface area contributed by atoms with E-state index in [0.29, 0.717) is 29.2 Å². The molecule has 0 aliphatic heterocycles. The van der Waals surface area contributed by atoms with Crippen LogP contribution in [0.15, 0.2) is 53.3 Å². The molecular formula is C21H21FN2O2. The van der Waals surface area contributed by atoms with Crippen molar-refractivity contribution >= 4 is 0 Å². The second kappa shape index (κ2) is 7.62. The number of halogens is 1. The highest BCUT2D eigenvalue weighted by Gasteiger charge is 2.16. The fraction of sp³-hybridized carbons (Fsp3) is 0.238. The maximum Gasteiger partial charge on any atom is 0.257 e. The van der Waals surface area contributed by atoms with Crippen molar-refractivity contribution in [2.75, 3.05) is 6.61 Å². The summed E-state index contributed by atoms with van der Waals surface area (Å²) in [7, 11) is 0. The van der Waals surface area contributed by atoms with Crippen LogP contribution < -0.4 is 5.56 Å². The van der Waals surface area contributed by atoms with Gasteiger partial charge in [-0.25, -0.2) is 9.37 Å². The highest BCUT2D eigenvalue weighted by atomic mass is 19.1. The largest absolute Gasteiger partial charge is 0.396 e. The van der Waals surface area contributed by atoms with Gasteiger partial charge in [-0.05, 0) is 43.7 Å². The number of rotatable bonds is 5. The van der Waals surface area contributed by atoms with E-state index < -0.39 is 0 Å². The molecule has 0 radical (unpaired) electrons. The van der Waals surface area contributed by atoms with Gasteiger partial charge in [0.15, 0.2) is 0 Å². The van der Waals surface area contributed by atoms with Crippen LogP contribution in [0.1, 0.15) is 22.4 Å². The van der Waals surface area contributed by atoms with Crippen LogP contribution in [0.5, 0.6) is 0 Å². The first-order valence-corrected chi connectivity index (χ1v) is 8.52. The van der Waals surface area contributed by atoms with Crippen LogP contribution in [0.4, 0.5) is 4.39 Å². The number of benzene rings is 2. The monoisotopic (exact) mass is 352 g/mol. The zero-order valence-electron chi connectivity index (χ0n) is 14.9. The van der Waals surface area contributed by atoms with E-state index in [1.807, 2.05) is 31.2 Å². The van der Waals surface area contributed by atoms with E-state index in [1.54, 1.807) is 23.6 Å². The van der Waals surface area contributed by atoms with Crippen molar-refractivity contribution < 1.29 is 9.50 Å². The summed E-state index contributed by atoms with van der Waals surface area (Å²) >= 11 is 0. The molecule has 0 aliphatic carbocycles. The molecule has 0 fully saturated rings. The summed E-state index contributed by atoms with van der Waals surface area (Å²) in [5.74, 6) is 0.158. The van der Waals surface area contributed by atoms with E-state index >= 15 is 0 Å². The van der Waals surface area contributed by atoms with Gasteiger partial charge in [-0.15, -0.1) is 0 Å². The Labute approximate surface area is 151 Å². The standard InChI is InChI=1S/C21H21FN2O2/c1-14-4-3-5-16(12-14)13-24-20(17-6-8-18(22)9-7-17)23-15(2)19(10-11-25)21(24)26/h3-9,12,25H,10-11,13H2,1-2H3. The van der Waals surface area contributed by atoms with Crippen molar-refractivity contribution in [3.63, 3.8) is 0 Å². The first kappa shape index (κ1) is 18.0. The van der Waals surface area contributed by atoms with Crippen molar-refractivity contribution in [2.45, 2.75) is 26.8 Å². The molecule has 26 heavy (non-hydrogen) atoms. The minimum absolute atomic E-state index is 0.113. The summed E-state index contributed by atoms with van der Waals surface area (Å²) in [6, 6.07) is 13.9. The van der Waals surface area contributed by atoms with Crippen molar-refractivity contribution in [1.29, 1.82) is 0 Å². The molecule has 1 heterocycles. The lowest BCUT2D eigenvalue weighted by Gasteiger charge is -2.16. The van der Waals surface area contributed by atoms with Gasteiger partial charge in [0.2, 0.25) is 0 Å². The summed E-state index contributed by atoms with van der Waals surface area (Å²) in [6.07, 6.45) is 0.259. The average molecular weight is 352 g/mol. The first-order chi connectivity index (χ1) is 12.5. The Morgan fingerprint density at radius 3 is 2.50 bits per heavy atom. The van der Waals surface area contributed by atoms with E-state index in [-0.39, 0.29) is 24.4 Å². The molecule has 134 valence electrons. The third-order valence-corrected chi connectivity index (χ3v) is 4.36. The molecular weight excluding hydrogens is 331 g/mol. The van der Waals surface area contributed by atoms with Crippen LogP contribution in [-0.4, -0.2) is 21.3 Å². The molecule has 0 spiro atoms. The molecule has 0 saturated carbocycles. The van der Waals surface area contributed by atoms with Gasteiger partial charge < -0.3 is 5.11 Å². The van der Waals surface area contributed by atoms with E-state index in [4.69, 9.17) is 0 Å². The van der Waals surface area contributed by atoms with Gasteiger partial charge >= 0.3 is 0 Å². The van der Waals surface area contributed by atoms with E-state index in [0.717, 1.165) is 11.1 Å². The molecule has 0 unspecified atom stereocenters. The SMILES string of the molecule is Cc1cccc(Cn2c(-c3ccc(F)cc3)nc(C)c(CCO)c2=O)c1. The summed E-state index contributed by atoms with van der Waals surface area (Å²) in [5.41, 5.74) is 3.68. The van der Waals surface area contributed by atoms with Crippen LogP contribution in [0.2, 0.25) is 0 Å². The number of nitrogens with zero attached hydrogens (tertiary/aromatic N) is 2. The van der Waals surface area contributed by atoms with Crippen molar-refractivity contribution in [3.8, 4) is 11.4 Å². The van der Waals surface area contributed by atoms with Gasteiger partial charge in [0.05, 0.1) is 6.54 Å². The summed E-state index contributed by atoms with van der Waals surface area (Å²) in [6.45, 7) is 4.01. The van der Waals surface area contributed by atoms with Crippen LogP contribution in [0.25, 0.3) is 11.4 Å². The topological polar surface area (TPSA) is 55.1 Å². The maximum absolute atomic E-state index is 13.3. The number of hydrogen-bond donors (Lipinski definition) is 1. The van der Waals surface area contributed by atoms with Gasteiger partial charge in [-0.2, -0.15) is 0 Å². The van der Waals surface area contributed by atoms with Gasteiger partial charge in [0.25, 0.3) is 5.56 Å². The van der Waals surface area contributed by atoms with Gasteiger partial charge in [0, 0.05) is 29.8 Å². The average Bonchev–Trinajstić information content (AvgIpc) is 2.62. The number of aliphatic hydroxyl groups is 1. The molecule has 0 amide bonds. The minimum atomic E-state index is -0.338. The molecule has 1 aromatic heterocycles. The molecule has 0 saturated heterocycles. The fourth-order valence-electron chi connectivity index (χ4n) is 3.06. The highest BCUT2D eigenvalue weighted by molar-refractivity contribution is 5.56. The predicted molar refractivity (Wildman–Crippen MR) is 99.7 cm³/mol. The molecule has 0 bridgehead atoms. The molecule has 2 aromatic carbocycles. The number of aromatic nitrogens is 2. The van der Waals surface area contributed by atoms with Crippen LogP contribution in [0.3, 0.4) is 0 Å². The summed E-state index contributed by atoms with van der Waals surface area (Å²) < 4.78 is 14.9. The Hall–Kier alpha value is -2.79. The first-order valence-electron chi connectivity index (χ1n) is 8.52. The van der Waals surface area contributed by atoms with E-state index in [1.165, 1.54) is 12.1 Å². The fourth-order valence-corrected chi connectivity index (χ4v) is 3.06. The predicted octanol–water partition coefficient (Wildman–Crippen LogP) is 3.25.